The molecular weight excluding hydrogens is 260 g/mol. The van der Waals surface area contributed by atoms with Crippen molar-refractivity contribution in [2.75, 3.05) is 0 Å². The topological polar surface area (TPSA) is 37.3 Å². The van der Waals surface area contributed by atoms with Gasteiger partial charge in [-0.1, -0.05) is 25.0 Å². The molecule has 4 aliphatic rings. The highest BCUT2D eigenvalue weighted by Gasteiger charge is 2.54. The molecule has 0 aromatic carbocycles. The van der Waals surface area contributed by atoms with E-state index in [-0.39, 0.29) is 11.5 Å². The third kappa shape index (κ3) is 1.78. The lowest BCUT2D eigenvalue weighted by Gasteiger charge is -2.55. The minimum absolute atomic E-state index is 0.0690. The van der Waals surface area contributed by atoms with Crippen molar-refractivity contribution in [2.24, 2.45) is 22.7 Å². The molecule has 0 aliphatic heterocycles. The van der Waals surface area contributed by atoms with Gasteiger partial charge in [-0.05, 0) is 62.2 Å². The predicted octanol–water partition coefficient (Wildman–Crippen LogP) is 4.02. The van der Waals surface area contributed by atoms with E-state index >= 15 is 0 Å². The van der Waals surface area contributed by atoms with Gasteiger partial charge in [0.2, 0.25) is 0 Å². The van der Waals surface area contributed by atoms with Crippen LogP contribution in [0.2, 0.25) is 0 Å². The lowest BCUT2D eigenvalue weighted by atomic mass is 9.49. The number of fused-ring (bicyclic) bond motifs is 4. The van der Waals surface area contributed by atoms with Crippen molar-refractivity contribution in [3.05, 3.63) is 11.1 Å². The number of ketones is 1. The lowest BCUT2D eigenvalue weighted by Crippen LogP contribution is -2.47. The van der Waals surface area contributed by atoms with Gasteiger partial charge in [0, 0.05) is 18.3 Å². The fourth-order valence-corrected chi connectivity index (χ4v) is 6.26. The molecule has 2 unspecified atom stereocenters. The summed E-state index contributed by atoms with van der Waals surface area (Å²) in [5.41, 5.74) is 3.74. The average Bonchev–Trinajstić information content (AvgIpc) is 2.76. The van der Waals surface area contributed by atoms with E-state index in [4.69, 9.17) is 0 Å². The van der Waals surface area contributed by atoms with E-state index in [1.807, 2.05) is 0 Å². The van der Waals surface area contributed by atoms with E-state index in [1.165, 1.54) is 19.3 Å². The quantitative estimate of drug-likeness (QED) is 0.683. The fraction of sp³-hybridized carbons (Fsp3) is 0.842. The van der Waals surface area contributed by atoms with Gasteiger partial charge in [0.05, 0.1) is 6.10 Å². The van der Waals surface area contributed by atoms with Crippen LogP contribution in [0.4, 0.5) is 0 Å². The highest BCUT2D eigenvalue weighted by atomic mass is 16.3. The first-order valence-corrected chi connectivity index (χ1v) is 8.87. The number of Topliss-reactive ketones (excluding diaryl/α,β-unsaturated/α-hetero) is 1. The van der Waals surface area contributed by atoms with Crippen molar-refractivity contribution < 1.29 is 9.90 Å². The molecule has 0 radical (unpaired) electrons. The number of aliphatic hydroxyl groups is 1. The molecule has 0 amide bonds. The van der Waals surface area contributed by atoms with Crippen LogP contribution in [-0.2, 0) is 4.79 Å². The van der Waals surface area contributed by atoms with Crippen LogP contribution in [0.25, 0.3) is 0 Å². The van der Waals surface area contributed by atoms with Gasteiger partial charge < -0.3 is 5.11 Å². The van der Waals surface area contributed by atoms with Gasteiger partial charge in [-0.25, -0.2) is 0 Å². The largest absolute Gasteiger partial charge is 0.392 e. The average molecular weight is 288 g/mol. The van der Waals surface area contributed by atoms with Crippen LogP contribution >= 0.6 is 0 Å². The molecule has 2 heteroatoms. The zero-order valence-corrected chi connectivity index (χ0v) is 13.5. The molecule has 4 rings (SSSR count). The van der Waals surface area contributed by atoms with E-state index < -0.39 is 0 Å². The summed E-state index contributed by atoms with van der Waals surface area (Å²) in [6, 6.07) is 0. The standard InChI is InChI=1S/C19H28O2/c1-18-9-7-13(20)11-12(18)3-4-14-15-5-6-17(21)19(15,2)10-8-16(14)18/h12,16-17,21H,3-11H2,1-2H3/t12?,16-,17?,18+,19+/m1/s1. The summed E-state index contributed by atoms with van der Waals surface area (Å²) in [6.45, 7) is 4.75. The lowest BCUT2D eigenvalue weighted by molar-refractivity contribution is -0.127. The monoisotopic (exact) mass is 288 g/mol. The minimum Gasteiger partial charge on any atom is -0.392 e. The second-order valence-electron chi connectivity index (χ2n) is 8.55. The molecule has 1 N–H and O–H groups in total. The SMILES string of the molecule is C[C@]12CC[C@@H]3C(=C1CCC2O)CCC1CC(=O)CC[C@@]13C. The zero-order valence-electron chi connectivity index (χ0n) is 13.5. The molecule has 3 fully saturated rings. The van der Waals surface area contributed by atoms with Gasteiger partial charge in [-0.2, -0.15) is 0 Å². The van der Waals surface area contributed by atoms with E-state index in [0.29, 0.717) is 23.0 Å². The smallest absolute Gasteiger partial charge is 0.133 e. The fourth-order valence-electron chi connectivity index (χ4n) is 6.26. The van der Waals surface area contributed by atoms with Crippen LogP contribution in [-0.4, -0.2) is 17.0 Å². The van der Waals surface area contributed by atoms with E-state index in [1.54, 1.807) is 11.1 Å². The first-order valence-electron chi connectivity index (χ1n) is 8.87. The van der Waals surface area contributed by atoms with Gasteiger partial charge in [-0.3, -0.25) is 4.79 Å². The van der Waals surface area contributed by atoms with Gasteiger partial charge in [-0.15, -0.1) is 0 Å². The van der Waals surface area contributed by atoms with Crippen molar-refractivity contribution >= 4 is 5.78 Å². The molecule has 3 saturated carbocycles. The van der Waals surface area contributed by atoms with Gasteiger partial charge in [0.1, 0.15) is 5.78 Å². The molecule has 0 saturated heterocycles. The first kappa shape index (κ1) is 14.0. The van der Waals surface area contributed by atoms with Gasteiger partial charge >= 0.3 is 0 Å². The molecule has 0 heterocycles. The minimum atomic E-state index is -0.126. The van der Waals surface area contributed by atoms with Crippen molar-refractivity contribution in [1.29, 1.82) is 0 Å². The number of hydrogen-bond acceptors (Lipinski definition) is 2. The molecule has 4 aliphatic carbocycles. The second-order valence-corrected chi connectivity index (χ2v) is 8.55. The number of carbonyl (C=O) groups excluding carboxylic acids is 1. The summed E-state index contributed by atoms with van der Waals surface area (Å²) in [6.07, 6.45) is 9.43. The molecule has 21 heavy (non-hydrogen) atoms. The summed E-state index contributed by atoms with van der Waals surface area (Å²) in [5.74, 6) is 1.80. The Balaban J connectivity index is 1.74. The Morgan fingerprint density at radius 2 is 1.86 bits per heavy atom. The molecule has 116 valence electrons. The molecular formula is C19H28O2. The Morgan fingerprint density at radius 1 is 1.05 bits per heavy atom. The Morgan fingerprint density at radius 3 is 2.67 bits per heavy atom. The normalized spacial score (nSPS) is 49.7. The van der Waals surface area contributed by atoms with E-state index in [9.17, 15) is 9.90 Å². The van der Waals surface area contributed by atoms with Crippen LogP contribution in [0.15, 0.2) is 11.1 Å². The second kappa shape index (κ2) is 4.44. The molecule has 0 aromatic rings. The number of aliphatic hydroxyl groups excluding tert-OH is 1. The van der Waals surface area contributed by atoms with Gasteiger partial charge in [0.15, 0.2) is 0 Å². The van der Waals surface area contributed by atoms with Crippen LogP contribution < -0.4 is 0 Å². The van der Waals surface area contributed by atoms with Crippen molar-refractivity contribution in [3.8, 4) is 0 Å². The van der Waals surface area contributed by atoms with Crippen molar-refractivity contribution in [2.45, 2.75) is 77.7 Å². The molecule has 2 nitrogen and oxygen atoms in total. The van der Waals surface area contributed by atoms with E-state index in [2.05, 4.69) is 13.8 Å². The summed E-state index contributed by atoms with van der Waals surface area (Å²) >= 11 is 0. The Bertz CT molecular complexity index is 520. The number of rotatable bonds is 0. The third-order valence-electron chi connectivity index (χ3n) is 7.76. The first-order chi connectivity index (χ1) is 9.95. The summed E-state index contributed by atoms with van der Waals surface area (Å²) in [5, 5.41) is 10.4. The van der Waals surface area contributed by atoms with Gasteiger partial charge in [0.25, 0.3) is 0 Å². The third-order valence-corrected chi connectivity index (χ3v) is 7.76. The van der Waals surface area contributed by atoms with Crippen LogP contribution in [0.1, 0.15) is 71.6 Å². The van der Waals surface area contributed by atoms with E-state index in [0.717, 1.165) is 38.5 Å². The molecule has 0 aromatic heterocycles. The summed E-state index contributed by atoms with van der Waals surface area (Å²) in [4.78, 5) is 11.9. The Kier molecular flexibility index (Phi) is 2.96. The predicted molar refractivity (Wildman–Crippen MR) is 82.8 cm³/mol. The number of allylic oxidation sites excluding steroid dienone is 1. The number of carbonyl (C=O) groups is 1. The number of hydrogen-bond donors (Lipinski definition) is 1. The maximum Gasteiger partial charge on any atom is 0.133 e. The van der Waals surface area contributed by atoms with Crippen LogP contribution in [0.5, 0.6) is 0 Å². The highest BCUT2D eigenvalue weighted by molar-refractivity contribution is 5.79. The van der Waals surface area contributed by atoms with Crippen LogP contribution in [0, 0.1) is 22.7 Å². The summed E-state index contributed by atoms with van der Waals surface area (Å²) < 4.78 is 0. The maximum absolute atomic E-state index is 11.9. The molecule has 0 bridgehead atoms. The maximum atomic E-state index is 11.9. The zero-order chi connectivity index (χ0) is 14.8. The Hall–Kier alpha value is -0.630. The highest BCUT2D eigenvalue weighted by Crippen LogP contribution is 2.63. The Labute approximate surface area is 128 Å². The molecule has 0 spiro atoms. The molecule has 5 atom stereocenters. The summed E-state index contributed by atoms with van der Waals surface area (Å²) in [7, 11) is 0. The van der Waals surface area contributed by atoms with Crippen LogP contribution in [0.3, 0.4) is 0 Å². The van der Waals surface area contributed by atoms with Crippen molar-refractivity contribution in [3.63, 3.8) is 0 Å². The van der Waals surface area contributed by atoms with Crippen molar-refractivity contribution in [1.82, 2.24) is 0 Å².